The lowest BCUT2D eigenvalue weighted by Gasteiger charge is -2.35. The van der Waals surface area contributed by atoms with E-state index in [1.807, 2.05) is 12.1 Å². The standard InChI is InChI=1S/C17H25ClFN/c1-3-12-7-5-8-13(11-12)17(20-4-2)14-9-6-10-15(18)16(14)19/h6,9-10,12-13,17,20H,3-5,7-8,11H2,1-2H3. The topological polar surface area (TPSA) is 12.0 Å². The van der Waals surface area contributed by atoms with Crippen LogP contribution in [0.15, 0.2) is 18.2 Å². The Balaban J connectivity index is 2.23. The number of hydrogen-bond donors (Lipinski definition) is 1. The number of hydrogen-bond acceptors (Lipinski definition) is 1. The molecule has 1 aliphatic rings. The lowest BCUT2D eigenvalue weighted by molar-refractivity contribution is 0.208. The number of rotatable bonds is 5. The summed E-state index contributed by atoms with van der Waals surface area (Å²) in [6, 6.07) is 5.45. The fourth-order valence-corrected chi connectivity index (χ4v) is 3.70. The van der Waals surface area contributed by atoms with Crippen molar-refractivity contribution in [3.8, 4) is 0 Å². The van der Waals surface area contributed by atoms with Crippen LogP contribution in [0.2, 0.25) is 5.02 Å². The first-order valence-corrected chi connectivity index (χ1v) is 8.22. The minimum Gasteiger partial charge on any atom is -0.310 e. The Labute approximate surface area is 126 Å². The summed E-state index contributed by atoms with van der Waals surface area (Å²) in [6.45, 7) is 5.19. The van der Waals surface area contributed by atoms with Gasteiger partial charge >= 0.3 is 0 Å². The van der Waals surface area contributed by atoms with Gasteiger partial charge in [-0.15, -0.1) is 0 Å². The van der Waals surface area contributed by atoms with Gasteiger partial charge in [0.05, 0.1) is 5.02 Å². The average Bonchev–Trinajstić information content (AvgIpc) is 2.48. The summed E-state index contributed by atoms with van der Waals surface area (Å²) in [5, 5.41) is 3.71. The van der Waals surface area contributed by atoms with Crippen molar-refractivity contribution in [3.05, 3.63) is 34.6 Å². The van der Waals surface area contributed by atoms with Gasteiger partial charge in [0.25, 0.3) is 0 Å². The van der Waals surface area contributed by atoms with Gasteiger partial charge in [0, 0.05) is 11.6 Å². The van der Waals surface area contributed by atoms with Crippen molar-refractivity contribution in [1.29, 1.82) is 0 Å². The quantitative estimate of drug-likeness (QED) is 0.773. The number of halogens is 2. The minimum atomic E-state index is -0.251. The highest BCUT2D eigenvalue weighted by atomic mass is 35.5. The van der Waals surface area contributed by atoms with E-state index in [-0.39, 0.29) is 16.9 Å². The lowest BCUT2D eigenvalue weighted by Crippen LogP contribution is -2.32. The monoisotopic (exact) mass is 297 g/mol. The minimum absolute atomic E-state index is 0.0908. The molecule has 3 heteroatoms. The van der Waals surface area contributed by atoms with Crippen molar-refractivity contribution in [1.82, 2.24) is 5.32 Å². The molecule has 1 N–H and O–H groups in total. The third-order valence-electron chi connectivity index (χ3n) is 4.61. The molecular formula is C17H25ClFN. The van der Waals surface area contributed by atoms with Crippen LogP contribution in [0.5, 0.6) is 0 Å². The second-order valence-corrected chi connectivity index (χ2v) is 6.29. The van der Waals surface area contributed by atoms with Crippen LogP contribution in [0, 0.1) is 17.7 Å². The molecule has 0 radical (unpaired) electrons. The molecule has 3 unspecified atom stereocenters. The van der Waals surface area contributed by atoms with Crippen LogP contribution in [-0.2, 0) is 0 Å². The maximum absolute atomic E-state index is 14.3. The fraction of sp³-hybridized carbons (Fsp3) is 0.647. The zero-order valence-corrected chi connectivity index (χ0v) is 13.2. The Kier molecular flexibility index (Phi) is 5.86. The van der Waals surface area contributed by atoms with Crippen molar-refractivity contribution in [3.63, 3.8) is 0 Å². The number of nitrogens with one attached hydrogen (secondary N) is 1. The molecule has 1 saturated carbocycles. The van der Waals surface area contributed by atoms with E-state index in [0.29, 0.717) is 5.92 Å². The van der Waals surface area contributed by atoms with Crippen LogP contribution in [-0.4, -0.2) is 6.54 Å². The van der Waals surface area contributed by atoms with E-state index in [0.717, 1.165) is 18.0 Å². The van der Waals surface area contributed by atoms with Crippen molar-refractivity contribution in [2.75, 3.05) is 6.54 Å². The molecule has 1 nitrogen and oxygen atoms in total. The van der Waals surface area contributed by atoms with Gasteiger partial charge in [-0.2, -0.15) is 0 Å². The molecule has 1 fully saturated rings. The van der Waals surface area contributed by atoms with Gasteiger partial charge in [-0.25, -0.2) is 4.39 Å². The summed E-state index contributed by atoms with van der Waals surface area (Å²) in [4.78, 5) is 0. The molecule has 112 valence electrons. The van der Waals surface area contributed by atoms with E-state index in [9.17, 15) is 4.39 Å². The molecule has 0 spiro atoms. The van der Waals surface area contributed by atoms with E-state index >= 15 is 0 Å². The SMILES string of the molecule is CCNC(c1cccc(Cl)c1F)C1CCCC(CC)C1. The van der Waals surface area contributed by atoms with E-state index in [1.165, 1.54) is 32.1 Å². The molecule has 1 aromatic carbocycles. The first kappa shape index (κ1) is 15.8. The second-order valence-electron chi connectivity index (χ2n) is 5.88. The molecule has 1 aliphatic carbocycles. The van der Waals surface area contributed by atoms with Gasteiger partial charge < -0.3 is 5.32 Å². The molecule has 0 saturated heterocycles. The highest BCUT2D eigenvalue weighted by molar-refractivity contribution is 6.30. The predicted octanol–water partition coefficient (Wildman–Crippen LogP) is 5.35. The van der Waals surface area contributed by atoms with Crippen LogP contribution in [0.4, 0.5) is 4.39 Å². The van der Waals surface area contributed by atoms with Gasteiger partial charge in [-0.05, 0) is 37.3 Å². The van der Waals surface area contributed by atoms with E-state index in [1.54, 1.807) is 6.07 Å². The molecule has 3 atom stereocenters. The predicted molar refractivity (Wildman–Crippen MR) is 83.6 cm³/mol. The first-order valence-electron chi connectivity index (χ1n) is 7.84. The fourth-order valence-electron chi connectivity index (χ4n) is 3.52. The first-order chi connectivity index (χ1) is 9.67. The Morgan fingerprint density at radius 3 is 2.85 bits per heavy atom. The summed E-state index contributed by atoms with van der Waals surface area (Å²) < 4.78 is 14.3. The number of benzene rings is 1. The molecular weight excluding hydrogens is 273 g/mol. The summed E-state index contributed by atoms with van der Waals surface area (Å²) in [5.74, 6) is 1.05. The van der Waals surface area contributed by atoms with Crippen molar-refractivity contribution in [2.45, 2.75) is 52.0 Å². The smallest absolute Gasteiger partial charge is 0.146 e. The zero-order valence-electron chi connectivity index (χ0n) is 12.5. The van der Waals surface area contributed by atoms with Crippen molar-refractivity contribution >= 4 is 11.6 Å². The van der Waals surface area contributed by atoms with E-state index in [4.69, 9.17) is 11.6 Å². The highest BCUT2D eigenvalue weighted by Crippen LogP contribution is 2.39. The van der Waals surface area contributed by atoms with Crippen LogP contribution in [0.1, 0.15) is 57.6 Å². The van der Waals surface area contributed by atoms with E-state index in [2.05, 4.69) is 19.2 Å². The van der Waals surface area contributed by atoms with Crippen LogP contribution < -0.4 is 5.32 Å². The summed E-state index contributed by atoms with van der Waals surface area (Å²) in [6.07, 6.45) is 6.19. The van der Waals surface area contributed by atoms with Gasteiger partial charge in [-0.3, -0.25) is 0 Å². The molecule has 1 aromatic rings. The summed E-state index contributed by atoms with van der Waals surface area (Å²) >= 11 is 5.95. The van der Waals surface area contributed by atoms with Crippen LogP contribution in [0.3, 0.4) is 0 Å². The summed E-state index contributed by atoms with van der Waals surface area (Å²) in [5.41, 5.74) is 0.737. The third-order valence-corrected chi connectivity index (χ3v) is 4.90. The molecule has 0 aromatic heterocycles. The van der Waals surface area contributed by atoms with Crippen LogP contribution in [0.25, 0.3) is 0 Å². The van der Waals surface area contributed by atoms with Gasteiger partial charge in [0.15, 0.2) is 0 Å². The molecule has 0 amide bonds. The van der Waals surface area contributed by atoms with Crippen molar-refractivity contribution < 1.29 is 4.39 Å². The third kappa shape index (κ3) is 3.53. The van der Waals surface area contributed by atoms with Crippen LogP contribution >= 0.6 is 11.6 Å². The largest absolute Gasteiger partial charge is 0.310 e. The summed E-state index contributed by atoms with van der Waals surface area (Å²) in [7, 11) is 0. The Morgan fingerprint density at radius 1 is 1.35 bits per heavy atom. The molecule has 0 heterocycles. The second kappa shape index (κ2) is 7.42. The van der Waals surface area contributed by atoms with Gasteiger partial charge in [0.1, 0.15) is 5.82 Å². The van der Waals surface area contributed by atoms with Gasteiger partial charge in [0.2, 0.25) is 0 Å². The molecule has 0 bridgehead atoms. The normalized spacial score (nSPS) is 24.6. The molecule has 0 aliphatic heterocycles. The highest BCUT2D eigenvalue weighted by Gasteiger charge is 2.30. The maximum atomic E-state index is 14.3. The Morgan fingerprint density at radius 2 is 2.15 bits per heavy atom. The molecule has 2 rings (SSSR count). The zero-order chi connectivity index (χ0) is 14.5. The lowest BCUT2D eigenvalue weighted by atomic mass is 9.75. The van der Waals surface area contributed by atoms with Crippen molar-refractivity contribution in [2.24, 2.45) is 11.8 Å². The Hall–Kier alpha value is -0.600. The van der Waals surface area contributed by atoms with Gasteiger partial charge in [-0.1, -0.05) is 56.8 Å². The van der Waals surface area contributed by atoms with E-state index < -0.39 is 0 Å². The molecule has 20 heavy (non-hydrogen) atoms. The maximum Gasteiger partial charge on any atom is 0.146 e. The Bertz CT molecular complexity index is 435. The average molecular weight is 298 g/mol.